The van der Waals surface area contributed by atoms with Gasteiger partial charge in [0.1, 0.15) is 0 Å². The minimum absolute atomic E-state index is 0.104. The molecule has 0 bridgehead atoms. The largest absolute Gasteiger partial charge is 0.361 e. The third-order valence-electron chi connectivity index (χ3n) is 5.24. The molecule has 0 aliphatic carbocycles. The van der Waals surface area contributed by atoms with Crippen molar-refractivity contribution in [1.29, 1.82) is 0 Å². The van der Waals surface area contributed by atoms with E-state index in [2.05, 4.69) is 23.0 Å². The molecule has 3 heterocycles. The summed E-state index contributed by atoms with van der Waals surface area (Å²) in [5.74, 6) is 0.471. The Morgan fingerprint density at radius 3 is 2.83 bits per heavy atom. The van der Waals surface area contributed by atoms with E-state index >= 15 is 0 Å². The van der Waals surface area contributed by atoms with Gasteiger partial charge >= 0.3 is 0 Å². The first-order valence-electron chi connectivity index (χ1n) is 8.42. The summed E-state index contributed by atoms with van der Waals surface area (Å²) in [4.78, 5) is 20.5. The Balaban J connectivity index is 1.87. The smallest absolute Gasteiger partial charge is 0.255 e. The number of rotatable bonds is 2. The monoisotopic (exact) mass is 331 g/mol. The van der Waals surface area contributed by atoms with E-state index in [1.165, 1.54) is 0 Å². The van der Waals surface area contributed by atoms with E-state index in [0.29, 0.717) is 10.9 Å². The average molecular weight is 332 g/mol. The summed E-state index contributed by atoms with van der Waals surface area (Å²) in [5, 5.41) is 1.73. The highest BCUT2D eigenvalue weighted by Gasteiger charge is 2.31. The van der Waals surface area contributed by atoms with Gasteiger partial charge in [0.15, 0.2) is 0 Å². The number of carbonyl (C=O) groups excluding carboxylic acids is 1. The van der Waals surface area contributed by atoms with E-state index in [4.69, 9.17) is 11.6 Å². The number of benzene rings is 1. The molecule has 0 saturated carbocycles. The zero-order chi connectivity index (χ0) is 16.0. The molecule has 1 N–H and O–H groups in total. The summed E-state index contributed by atoms with van der Waals surface area (Å²) in [5.41, 5.74) is 2.91. The van der Waals surface area contributed by atoms with E-state index in [0.717, 1.165) is 67.5 Å². The molecule has 23 heavy (non-hydrogen) atoms. The van der Waals surface area contributed by atoms with Crippen LogP contribution in [0.25, 0.3) is 10.9 Å². The number of piperidine rings is 1. The molecule has 5 heteroatoms. The van der Waals surface area contributed by atoms with Crippen molar-refractivity contribution < 1.29 is 4.79 Å². The van der Waals surface area contributed by atoms with Crippen molar-refractivity contribution in [1.82, 2.24) is 14.8 Å². The van der Waals surface area contributed by atoms with Crippen molar-refractivity contribution in [2.75, 3.05) is 33.2 Å². The first-order chi connectivity index (χ1) is 11.1. The first-order valence-corrected chi connectivity index (χ1v) is 8.80. The molecule has 1 unspecified atom stereocenters. The van der Waals surface area contributed by atoms with Crippen LogP contribution in [0, 0.1) is 0 Å². The summed E-state index contributed by atoms with van der Waals surface area (Å²) >= 11 is 6.56. The Kier molecular flexibility index (Phi) is 3.82. The second-order valence-corrected chi connectivity index (χ2v) is 7.24. The van der Waals surface area contributed by atoms with Crippen molar-refractivity contribution >= 4 is 28.4 Å². The highest BCUT2D eigenvalue weighted by Crippen LogP contribution is 2.38. The Morgan fingerprint density at radius 2 is 2.13 bits per heavy atom. The lowest BCUT2D eigenvalue weighted by molar-refractivity contribution is 0.0650. The maximum absolute atomic E-state index is 13.0. The fraction of sp³-hybridized carbons (Fsp3) is 0.500. The van der Waals surface area contributed by atoms with E-state index in [1.54, 1.807) is 0 Å². The molecule has 0 radical (unpaired) electrons. The molecule has 4 nitrogen and oxygen atoms in total. The molecule has 2 saturated heterocycles. The number of nitrogens with zero attached hydrogens (tertiary/aromatic N) is 2. The van der Waals surface area contributed by atoms with Crippen LogP contribution < -0.4 is 0 Å². The Hall–Kier alpha value is -1.52. The molecule has 122 valence electrons. The minimum Gasteiger partial charge on any atom is -0.361 e. The van der Waals surface area contributed by atoms with Gasteiger partial charge in [-0.1, -0.05) is 11.6 Å². The number of H-pyrrole nitrogens is 1. The van der Waals surface area contributed by atoms with Crippen LogP contribution >= 0.6 is 11.6 Å². The summed E-state index contributed by atoms with van der Waals surface area (Å²) in [7, 11) is 2.15. The van der Waals surface area contributed by atoms with Crippen LogP contribution in [0.1, 0.15) is 41.1 Å². The standard InChI is InChI=1S/C18H22ClN3O/c1-21-7-2-4-12(11-21)16-13-5-6-20-15(13)10-14(19)17(16)18(23)22-8-3-9-22/h5-6,10,12,20H,2-4,7-9,11H2,1H3. The van der Waals surface area contributed by atoms with Crippen LogP contribution in [-0.4, -0.2) is 53.9 Å². The normalized spacial score (nSPS) is 22.3. The number of aromatic nitrogens is 1. The maximum atomic E-state index is 13.0. The minimum atomic E-state index is 0.104. The summed E-state index contributed by atoms with van der Waals surface area (Å²) in [6, 6.07) is 3.99. The third-order valence-corrected chi connectivity index (χ3v) is 5.54. The first kappa shape index (κ1) is 15.0. The lowest BCUT2D eigenvalue weighted by atomic mass is 9.85. The summed E-state index contributed by atoms with van der Waals surface area (Å²) in [6.45, 7) is 3.82. The SMILES string of the molecule is CN1CCCC(c2c(C(=O)N3CCC3)c(Cl)cc3[nH]ccc23)C1. The molecule has 2 fully saturated rings. The number of likely N-dealkylation sites (N-methyl/N-ethyl adjacent to an activating group) is 1. The van der Waals surface area contributed by atoms with Crippen molar-refractivity contribution in [3.8, 4) is 0 Å². The number of aromatic amines is 1. The van der Waals surface area contributed by atoms with Crippen LogP contribution in [0.5, 0.6) is 0 Å². The number of carbonyl (C=O) groups is 1. The van der Waals surface area contributed by atoms with Crippen LogP contribution in [-0.2, 0) is 0 Å². The Morgan fingerprint density at radius 1 is 1.30 bits per heavy atom. The van der Waals surface area contributed by atoms with Gasteiger partial charge < -0.3 is 14.8 Å². The van der Waals surface area contributed by atoms with Gasteiger partial charge in [-0.3, -0.25) is 4.79 Å². The van der Waals surface area contributed by atoms with E-state index in [9.17, 15) is 4.79 Å². The lowest BCUT2D eigenvalue weighted by Crippen LogP contribution is -2.43. The van der Waals surface area contributed by atoms with Gasteiger partial charge in [-0.15, -0.1) is 0 Å². The predicted molar refractivity (Wildman–Crippen MR) is 93.3 cm³/mol. The topological polar surface area (TPSA) is 39.3 Å². The van der Waals surface area contributed by atoms with Crippen molar-refractivity contribution in [3.63, 3.8) is 0 Å². The van der Waals surface area contributed by atoms with Crippen molar-refractivity contribution in [3.05, 3.63) is 34.5 Å². The number of hydrogen-bond acceptors (Lipinski definition) is 2. The van der Waals surface area contributed by atoms with Gasteiger partial charge in [-0.25, -0.2) is 0 Å². The van der Waals surface area contributed by atoms with E-state index in [1.807, 2.05) is 17.2 Å². The zero-order valence-electron chi connectivity index (χ0n) is 13.4. The van der Waals surface area contributed by atoms with Crippen LogP contribution in [0.4, 0.5) is 0 Å². The Bertz CT molecular complexity index is 750. The van der Waals surface area contributed by atoms with Crippen molar-refractivity contribution in [2.24, 2.45) is 0 Å². The maximum Gasteiger partial charge on any atom is 0.255 e. The highest BCUT2D eigenvalue weighted by atomic mass is 35.5. The summed E-state index contributed by atoms with van der Waals surface area (Å²) < 4.78 is 0. The quantitative estimate of drug-likeness (QED) is 0.915. The molecule has 2 aromatic rings. The molecular weight excluding hydrogens is 310 g/mol. The number of halogens is 1. The predicted octanol–water partition coefficient (Wildman–Crippen LogP) is 3.48. The van der Waals surface area contributed by atoms with Crippen LogP contribution in [0.15, 0.2) is 18.3 Å². The number of likely N-dealkylation sites (tertiary alicyclic amines) is 2. The van der Waals surface area contributed by atoms with Crippen LogP contribution in [0.3, 0.4) is 0 Å². The molecule has 1 atom stereocenters. The highest BCUT2D eigenvalue weighted by molar-refractivity contribution is 6.35. The molecule has 2 aliphatic heterocycles. The number of hydrogen-bond donors (Lipinski definition) is 1. The number of nitrogens with one attached hydrogen (secondary N) is 1. The lowest BCUT2D eigenvalue weighted by Gasteiger charge is -2.35. The molecule has 2 aliphatic rings. The fourth-order valence-electron chi connectivity index (χ4n) is 3.92. The molecule has 0 spiro atoms. The van der Waals surface area contributed by atoms with E-state index < -0.39 is 0 Å². The molecular formula is C18H22ClN3O. The molecule has 1 amide bonds. The van der Waals surface area contributed by atoms with Gasteiger partial charge in [0, 0.05) is 36.7 Å². The second-order valence-electron chi connectivity index (χ2n) is 6.83. The number of fused-ring (bicyclic) bond motifs is 1. The second kappa shape index (κ2) is 5.84. The summed E-state index contributed by atoms with van der Waals surface area (Å²) in [6.07, 6.45) is 5.31. The van der Waals surface area contributed by atoms with Crippen molar-refractivity contribution in [2.45, 2.75) is 25.2 Å². The molecule has 1 aromatic heterocycles. The van der Waals surface area contributed by atoms with E-state index in [-0.39, 0.29) is 5.91 Å². The van der Waals surface area contributed by atoms with Gasteiger partial charge in [0.2, 0.25) is 0 Å². The van der Waals surface area contributed by atoms with Gasteiger partial charge in [-0.2, -0.15) is 0 Å². The third kappa shape index (κ3) is 2.54. The van der Waals surface area contributed by atoms with Gasteiger partial charge in [-0.05, 0) is 56.5 Å². The average Bonchev–Trinajstić information content (AvgIpc) is 2.91. The van der Waals surface area contributed by atoms with Gasteiger partial charge in [0.25, 0.3) is 5.91 Å². The van der Waals surface area contributed by atoms with Crippen LogP contribution in [0.2, 0.25) is 5.02 Å². The molecule has 4 rings (SSSR count). The zero-order valence-corrected chi connectivity index (χ0v) is 14.2. The molecule has 1 aromatic carbocycles. The fourth-order valence-corrected chi connectivity index (χ4v) is 4.21. The Labute approximate surface area is 141 Å². The number of amides is 1. The van der Waals surface area contributed by atoms with Gasteiger partial charge in [0.05, 0.1) is 10.6 Å².